The number of carbonyl (C=O) groups is 1. The number of rotatable bonds is 6. The van der Waals surface area contributed by atoms with Crippen molar-refractivity contribution in [2.45, 2.75) is 71.1 Å². The van der Waals surface area contributed by atoms with Gasteiger partial charge in [-0.25, -0.2) is 0 Å². The zero-order valence-electron chi connectivity index (χ0n) is 17.3. The van der Waals surface area contributed by atoms with Crippen molar-refractivity contribution in [3.05, 3.63) is 28.2 Å². The molecule has 0 aromatic carbocycles. The molecule has 5 nitrogen and oxygen atoms in total. The topological polar surface area (TPSA) is 51.0 Å². The fourth-order valence-corrected chi connectivity index (χ4v) is 7.01. The van der Waals surface area contributed by atoms with E-state index in [0.717, 1.165) is 43.3 Å². The molecule has 28 heavy (non-hydrogen) atoms. The fraction of sp³-hybridized carbons (Fsp3) is 0.667. The number of carbonyl (C=O) groups excluding carboxylic acids is 1. The summed E-state index contributed by atoms with van der Waals surface area (Å²) in [5, 5.41) is 11.7. The lowest BCUT2D eigenvalue weighted by molar-refractivity contribution is -0.129. The first-order valence-corrected chi connectivity index (χ1v) is 12.0. The Labute approximate surface area is 175 Å². The monoisotopic (exact) mass is 418 g/mol. The van der Waals surface area contributed by atoms with Gasteiger partial charge in [0.25, 0.3) is 0 Å². The van der Waals surface area contributed by atoms with Crippen LogP contribution in [0.3, 0.4) is 0 Å². The van der Waals surface area contributed by atoms with Crippen LogP contribution < -0.4 is 0 Å². The van der Waals surface area contributed by atoms with Gasteiger partial charge in [0.2, 0.25) is 5.91 Å². The van der Waals surface area contributed by atoms with Crippen LogP contribution in [0, 0.1) is 10.8 Å². The number of hydrogen-bond acceptors (Lipinski definition) is 5. The molecule has 1 aliphatic heterocycles. The average Bonchev–Trinajstić information content (AvgIpc) is 3.30. The normalized spacial score (nSPS) is 26.0. The Morgan fingerprint density at radius 2 is 2.14 bits per heavy atom. The van der Waals surface area contributed by atoms with Crippen molar-refractivity contribution >= 4 is 29.0 Å². The molecule has 0 unspecified atom stereocenters. The standard InChI is InChI=1S/C21H30N4OS2/c1-5-24-17(9-16-7-6-8-27-16)22-23-19(24)28-12-18(26)25-14-21(4)11-15(25)10-20(2,3)13-21/h6-8,15H,5,9-14H2,1-4H3/t15-,21+/m1/s1. The van der Waals surface area contributed by atoms with Crippen molar-refractivity contribution in [1.82, 2.24) is 19.7 Å². The molecule has 1 amide bonds. The highest BCUT2D eigenvalue weighted by molar-refractivity contribution is 7.99. The molecule has 1 aliphatic carbocycles. The van der Waals surface area contributed by atoms with E-state index in [-0.39, 0.29) is 11.3 Å². The SMILES string of the molecule is CCn1c(Cc2cccs2)nnc1SCC(=O)N1C[C@@]2(C)C[C@H]1CC(C)(C)C2. The zero-order chi connectivity index (χ0) is 19.9. The summed E-state index contributed by atoms with van der Waals surface area (Å²) in [6, 6.07) is 4.60. The average molecular weight is 419 g/mol. The lowest BCUT2D eigenvalue weighted by Crippen LogP contribution is -2.38. The van der Waals surface area contributed by atoms with E-state index in [0.29, 0.717) is 17.2 Å². The highest BCUT2D eigenvalue weighted by Crippen LogP contribution is 2.52. The molecule has 1 saturated heterocycles. The smallest absolute Gasteiger partial charge is 0.233 e. The van der Waals surface area contributed by atoms with Crippen molar-refractivity contribution < 1.29 is 4.79 Å². The van der Waals surface area contributed by atoms with E-state index in [9.17, 15) is 4.79 Å². The summed E-state index contributed by atoms with van der Waals surface area (Å²) < 4.78 is 2.14. The van der Waals surface area contributed by atoms with E-state index >= 15 is 0 Å². The first-order chi connectivity index (χ1) is 13.3. The van der Waals surface area contributed by atoms with E-state index in [1.165, 1.54) is 23.1 Å². The maximum Gasteiger partial charge on any atom is 0.233 e. The Morgan fingerprint density at radius 1 is 1.32 bits per heavy atom. The molecule has 2 fully saturated rings. The Kier molecular flexibility index (Phi) is 5.33. The fourth-order valence-electron chi connectivity index (χ4n) is 5.40. The van der Waals surface area contributed by atoms with Crippen molar-refractivity contribution in [2.24, 2.45) is 10.8 Å². The number of hydrogen-bond donors (Lipinski definition) is 0. The van der Waals surface area contributed by atoms with Gasteiger partial charge in [0.1, 0.15) is 5.82 Å². The third kappa shape index (κ3) is 4.01. The Hall–Kier alpha value is -1.34. The molecule has 0 spiro atoms. The Bertz CT molecular complexity index is 845. The molecule has 3 heterocycles. The molecule has 2 bridgehead atoms. The van der Waals surface area contributed by atoms with Gasteiger partial charge in [-0.1, -0.05) is 38.6 Å². The second-order valence-corrected chi connectivity index (χ2v) is 11.4. The van der Waals surface area contributed by atoms with Crippen molar-refractivity contribution in [3.63, 3.8) is 0 Å². The third-order valence-electron chi connectivity index (χ3n) is 6.08. The molecule has 2 aliphatic rings. The van der Waals surface area contributed by atoms with E-state index in [1.54, 1.807) is 11.3 Å². The molecule has 2 aromatic rings. The van der Waals surface area contributed by atoms with Crippen LogP contribution in [0.25, 0.3) is 0 Å². The van der Waals surface area contributed by atoms with Crippen molar-refractivity contribution in [2.75, 3.05) is 12.3 Å². The lowest BCUT2D eigenvalue weighted by atomic mass is 9.65. The summed E-state index contributed by atoms with van der Waals surface area (Å²) in [6.45, 7) is 10.9. The minimum Gasteiger partial charge on any atom is -0.338 e. The minimum atomic E-state index is 0.252. The zero-order valence-corrected chi connectivity index (χ0v) is 18.9. The predicted octanol–water partition coefficient (Wildman–Crippen LogP) is 4.47. The largest absolute Gasteiger partial charge is 0.338 e. The first kappa shape index (κ1) is 20.0. The van der Waals surface area contributed by atoms with E-state index in [2.05, 4.69) is 64.9 Å². The number of aromatic nitrogens is 3. The number of nitrogens with zero attached hydrogens (tertiary/aromatic N) is 4. The molecule has 0 radical (unpaired) electrons. The minimum absolute atomic E-state index is 0.252. The number of fused-ring (bicyclic) bond motifs is 2. The predicted molar refractivity (Wildman–Crippen MR) is 115 cm³/mol. The van der Waals surface area contributed by atoms with Gasteiger partial charge in [-0.15, -0.1) is 21.5 Å². The van der Waals surface area contributed by atoms with Crippen LogP contribution in [-0.4, -0.2) is 43.9 Å². The Morgan fingerprint density at radius 3 is 2.86 bits per heavy atom. The van der Waals surface area contributed by atoms with Crippen LogP contribution >= 0.6 is 23.1 Å². The highest BCUT2D eigenvalue weighted by Gasteiger charge is 2.50. The van der Waals surface area contributed by atoms with E-state index in [4.69, 9.17) is 0 Å². The number of amides is 1. The van der Waals surface area contributed by atoms with E-state index < -0.39 is 0 Å². The van der Waals surface area contributed by atoms with Crippen LogP contribution in [0.4, 0.5) is 0 Å². The van der Waals surface area contributed by atoms with Crippen molar-refractivity contribution in [3.8, 4) is 0 Å². The van der Waals surface area contributed by atoms with Crippen LogP contribution in [0.1, 0.15) is 57.7 Å². The first-order valence-electron chi connectivity index (χ1n) is 10.2. The summed E-state index contributed by atoms with van der Waals surface area (Å²) in [5.74, 6) is 1.68. The maximum atomic E-state index is 13.0. The quantitative estimate of drug-likeness (QED) is 0.650. The van der Waals surface area contributed by atoms with Gasteiger partial charge >= 0.3 is 0 Å². The van der Waals surface area contributed by atoms with Gasteiger partial charge < -0.3 is 9.47 Å². The molecule has 2 atom stereocenters. The second kappa shape index (κ2) is 7.48. The third-order valence-corrected chi connectivity index (χ3v) is 7.91. The summed E-state index contributed by atoms with van der Waals surface area (Å²) in [4.78, 5) is 16.5. The molecule has 7 heteroatoms. The Balaban J connectivity index is 1.41. The molecule has 2 aromatic heterocycles. The number of likely N-dealkylation sites (tertiary alicyclic amines) is 1. The molecule has 0 N–H and O–H groups in total. The maximum absolute atomic E-state index is 13.0. The van der Waals surface area contributed by atoms with Crippen LogP contribution in [-0.2, 0) is 17.8 Å². The number of thioether (sulfide) groups is 1. The van der Waals surface area contributed by atoms with Gasteiger partial charge in [0, 0.05) is 30.4 Å². The van der Waals surface area contributed by atoms with E-state index in [1.807, 2.05) is 0 Å². The molecular weight excluding hydrogens is 388 g/mol. The van der Waals surface area contributed by atoms with Gasteiger partial charge in [-0.2, -0.15) is 0 Å². The van der Waals surface area contributed by atoms with Crippen LogP contribution in [0.15, 0.2) is 22.7 Å². The van der Waals surface area contributed by atoms with Gasteiger partial charge in [-0.05, 0) is 48.5 Å². The summed E-state index contributed by atoms with van der Waals surface area (Å²) in [6.07, 6.45) is 4.29. The van der Waals surface area contributed by atoms with Gasteiger partial charge in [-0.3, -0.25) is 4.79 Å². The molecule has 152 valence electrons. The van der Waals surface area contributed by atoms with Gasteiger partial charge in [0.15, 0.2) is 5.16 Å². The van der Waals surface area contributed by atoms with Crippen LogP contribution in [0.2, 0.25) is 0 Å². The second-order valence-electron chi connectivity index (χ2n) is 9.42. The molecule has 1 saturated carbocycles. The van der Waals surface area contributed by atoms with Gasteiger partial charge in [0.05, 0.1) is 5.75 Å². The number of thiophene rings is 1. The summed E-state index contributed by atoms with van der Waals surface area (Å²) in [5.41, 5.74) is 0.614. The van der Waals surface area contributed by atoms with Crippen LogP contribution in [0.5, 0.6) is 0 Å². The highest BCUT2D eigenvalue weighted by atomic mass is 32.2. The summed E-state index contributed by atoms with van der Waals surface area (Å²) >= 11 is 3.28. The molecular formula is C21H30N4OS2. The summed E-state index contributed by atoms with van der Waals surface area (Å²) in [7, 11) is 0. The molecule has 4 rings (SSSR count). The lowest BCUT2D eigenvalue weighted by Gasteiger charge is -2.39. The van der Waals surface area contributed by atoms with Crippen molar-refractivity contribution in [1.29, 1.82) is 0 Å².